The number of aliphatic imine (C=N–C) groups is 1. The summed E-state index contributed by atoms with van der Waals surface area (Å²) in [5.41, 5.74) is 3.48. The van der Waals surface area contributed by atoms with Crippen LogP contribution in [0.3, 0.4) is 0 Å². The van der Waals surface area contributed by atoms with E-state index < -0.39 is 0 Å². The van der Waals surface area contributed by atoms with Gasteiger partial charge in [0, 0.05) is 50.9 Å². The molecule has 6 nitrogen and oxygen atoms in total. The van der Waals surface area contributed by atoms with Crippen LogP contribution in [0.25, 0.3) is 0 Å². The van der Waals surface area contributed by atoms with Gasteiger partial charge in [0.2, 0.25) is 5.91 Å². The zero-order valence-corrected chi connectivity index (χ0v) is 20.5. The number of aromatic nitrogens is 1. The first-order chi connectivity index (χ1) is 13.5. The summed E-state index contributed by atoms with van der Waals surface area (Å²) in [6, 6.07) is 8.39. The number of nitrogens with one attached hydrogen (secondary N) is 2. The highest BCUT2D eigenvalue weighted by Gasteiger charge is 2.19. The number of halogens is 1. The fourth-order valence-electron chi connectivity index (χ4n) is 3.27. The number of carbonyl (C=O) groups excluding carboxylic acids is 1. The molecule has 1 aliphatic heterocycles. The summed E-state index contributed by atoms with van der Waals surface area (Å²) in [4.78, 5) is 23.9. The molecular formula is C21H30IN5OS. The third-order valence-electron chi connectivity index (χ3n) is 4.92. The molecule has 0 saturated carbocycles. The van der Waals surface area contributed by atoms with Crippen molar-refractivity contribution in [2.45, 2.75) is 46.2 Å². The number of rotatable bonds is 7. The molecular weight excluding hydrogens is 497 g/mol. The first-order valence-corrected chi connectivity index (χ1v) is 10.6. The second kappa shape index (κ2) is 11.5. The highest BCUT2D eigenvalue weighted by Crippen LogP contribution is 2.17. The summed E-state index contributed by atoms with van der Waals surface area (Å²) >= 11 is 1.76. The zero-order chi connectivity index (χ0) is 19.9. The molecule has 0 aliphatic carbocycles. The Kier molecular flexibility index (Phi) is 9.35. The van der Waals surface area contributed by atoms with Gasteiger partial charge in [-0.15, -0.1) is 35.3 Å². The predicted octanol–water partition coefficient (Wildman–Crippen LogP) is 3.41. The normalized spacial score (nSPS) is 14.1. The maximum atomic E-state index is 11.8. The molecule has 8 heteroatoms. The summed E-state index contributed by atoms with van der Waals surface area (Å²) in [6.45, 7) is 7.22. The predicted molar refractivity (Wildman–Crippen MR) is 130 cm³/mol. The van der Waals surface area contributed by atoms with Crippen LogP contribution in [0.1, 0.15) is 39.5 Å². The zero-order valence-electron chi connectivity index (χ0n) is 17.3. The van der Waals surface area contributed by atoms with E-state index in [0.717, 1.165) is 42.6 Å². The second-order valence-corrected chi connectivity index (χ2v) is 8.38. The van der Waals surface area contributed by atoms with E-state index >= 15 is 0 Å². The van der Waals surface area contributed by atoms with Crippen molar-refractivity contribution in [1.82, 2.24) is 20.5 Å². The van der Waals surface area contributed by atoms with E-state index in [1.165, 1.54) is 16.0 Å². The number of aryl methyl sites for hydroxylation is 2. The van der Waals surface area contributed by atoms with Crippen LogP contribution < -0.4 is 10.6 Å². The van der Waals surface area contributed by atoms with Gasteiger partial charge >= 0.3 is 0 Å². The van der Waals surface area contributed by atoms with Crippen molar-refractivity contribution in [2.75, 3.05) is 20.1 Å². The molecule has 3 rings (SSSR count). The third-order valence-corrected chi connectivity index (χ3v) is 6.06. The van der Waals surface area contributed by atoms with E-state index in [1.807, 2.05) is 4.90 Å². The molecule has 0 atom stereocenters. The number of thiazole rings is 1. The molecule has 1 saturated heterocycles. The summed E-state index contributed by atoms with van der Waals surface area (Å²) in [7, 11) is 1.78. The Morgan fingerprint density at radius 2 is 2.07 bits per heavy atom. The highest BCUT2D eigenvalue weighted by atomic mass is 127. The highest BCUT2D eigenvalue weighted by molar-refractivity contribution is 14.0. The van der Waals surface area contributed by atoms with Gasteiger partial charge < -0.3 is 15.5 Å². The lowest BCUT2D eigenvalue weighted by atomic mass is 10.1. The van der Waals surface area contributed by atoms with Gasteiger partial charge in [-0.3, -0.25) is 9.79 Å². The van der Waals surface area contributed by atoms with E-state index in [4.69, 9.17) is 0 Å². The Bertz CT molecular complexity index is 832. The summed E-state index contributed by atoms with van der Waals surface area (Å²) < 4.78 is 0. The van der Waals surface area contributed by atoms with E-state index in [9.17, 15) is 4.79 Å². The van der Waals surface area contributed by atoms with Crippen LogP contribution in [-0.2, 0) is 24.3 Å². The van der Waals surface area contributed by atoms with Crippen molar-refractivity contribution in [3.05, 3.63) is 51.0 Å². The molecule has 0 bridgehead atoms. The van der Waals surface area contributed by atoms with Crippen LogP contribution in [0.4, 0.5) is 0 Å². The lowest BCUT2D eigenvalue weighted by Crippen LogP contribution is -2.37. The quantitative estimate of drug-likeness (QED) is 0.329. The minimum Gasteiger partial charge on any atom is -0.356 e. The standard InChI is InChI=1S/C21H29N5OS.HI/c1-15-16(2)28-19(25-15)9-10-23-21(22-3)24-13-17-6-4-7-18(12-17)14-26-11-5-8-20(26)27;/h4,6-7,12H,5,8-11,13-14H2,1-3H3,(H2,22,23,24);1H. The van der Waals surface area contributed by atoms with Gasteiger partial charge in [-0.1, -0.05) is 24.3 Å². The smallest absolute Gasteiger partial charge is 0.222 e. The second-order valence-electron chi connectivity index (χ2n) is 7.09. The maximum absolute atomic E-state index is 11.8. The SMILES string of the molecule is CN=C(NCCc1nc(C)c(C)s1)NCc1cccc(CN2CCCC2=O)c1.I. The largest absolute Gasteiger partial charge is 0.356 e. The average Bonchev–Trinajstić information content (AvgIpc) is 3.23. The number of guanidine groups is 1. The van der Waals surface area contributed by atoms with Crippen LogP contribution >= 0.6 is 35.3 Å². The van der Waals surface area contributed by atoms with E-state index in [0.29, 0.717) is 19.5 Å². The van der Waals surface area contributed by atoms with Crippen LogP contribution in [-0.4, -0.2) is 41.9 Å². The van der Waals surface area contributed by atoms with Crippen LogP contribution in [0.2, 0.25) is 0 Å². The maximum Gasteiger partial charge on any atom is 0.222 e. The van der Waals surface area contributed by atoms with Gasteiger partial charge in [0.1, 0.15) is 0 Å². The minimum atomic E-state index is 0. The summed E-state index contributed by atoms with van der Waals surface area (Å²) in [6.07, 6.45) is 2.55. The lowest BCUT2D eigenvalue weighted by molar-refractivity contribution is -0.128. The molecule has 0 spiro atoms. The molecule has 2 aromatic rings. The molecule has 158 valence electrons. The number of hydrogen-bond acceptors (Lipinski definition) is 4. The van der Waals surface area contributed by atoms with Crippen molar-refractivity contribution in [3.63, 3.8) is 0 Å². The number of amides is 1. The van der Waals surface area contributed by atoms with Gasteiger partial charge in [-0.05, 0) is 31.4 Å². The Hall–Kier alpha value is -1.68. The molecule has 1 aromatic carbocycles. The van der Waals surface area contributed by atoms with Crippen molar-refractivity contribution < 1.29 is 4.79 Å². The minimum absolute atomic E-state index is 0. The van der Waals surface area contributed by atoms with Gasteiger partial charge in [-0.2, -0.15) is 0 Å². The molecule has 0 unspecified atom stereocenters. The number of likely N-dealkylation sites (tertiary alicyclic amines) is 1. The number of hydrogen-bond donors (Lipinski definition) is 2. The van der Waals surface area contributed by atoms with Gasteiger partial charge in [0.15, 0.2) is 5.96 Å². The van der Waals surface area contributed by atoms with E-state index in [2.05, 4.69) is 58.7 Å². The van der Waals surface area contributed by atoms with Gasteiger partial charge in [0.05, 0.1) is 10.7 Å². The molecule has 2 heterocycles. The Morgan fingerprint density at radius 1 is 1.28 bits per heavy atom. The third kappa shape index (κ3) is 6.95. The average molecular weight is 527 g/mol. The molecule has 1 aliphatic rings. The van der Waals surface area contributed by atoms with Gasteiger partial charge in [-0.25, -0.2) is 4.98 Å². The van der Waals surface area contributed by atoms with E-state index in [-0.39, 0.29) is 29.9 Å². The first-order valence-electron chi connectivity index (χ1n) is 9.78. The topological polar surface area (TPSA) is 69.6 Å². The van der Waals surface area contributed by atoms with Crippen molar-refractivity contribution in [3.8, 4) is 0 Å². The van der Waals surface area contributed by atoms with Crippen LogP contribution in [0.15, 0.2) is 29.3 Å². The Labute approximate surface area is 194 Å². The summed E-state index contributed by atoms with van der Waals surface area (Å²) in [5.74, 6) is 1.05. The molecule has 2 N–H and O–H groups in total. The molecule has 1 fully saturated rings. The number of nitrogens with zero attached hydrogens (tertiary/aromatic N) is 3. The van der Waals surface area contributed by atoms with Crippen LogP contribution in [0, 0.1) is 13.8 Å². The summed E-state index contributed by atoms with van der Waals surface area (Å²) in [5, 5.41) is 7.86. The lowest BCUT2D eigenvalue weighted by Gasteiger charge is -2.16. The van der Waals surface area contributed by atoms with Crippen molar-refractivity contribution in [2.24, 2.45) is 4.99 Å². The Balaban J connectivity index is 0.00000300. The van der Waals surface area contributed by atoms with Crippen molar-refractivity contribution >= 4 is 47.2 Å². The van der Waals surface area contributed by atoms with E-state index in [1.54, 1.807) is 18.4 Å². The monoisotopic (exact) mass is 527 g/mol. The number of benzene rings is 1. The first kappa shape index (κ1) is 23.6. The fourth-order valence-corrected chi connectivity index (χ4v) is 4.20. The van der Waals surface area contributed by atoms with Gasteiger partial charge in [0.25, 0.3) is 0 Å². The fraction of sp³-hybridized carbons (Fsp3) is 0.476. The van der Waals surface area contributed by atoms with Crippen molar-refractivity contribution in [1.29, 1.82) is 0 Å². The van der Waals surface area contributed by atoms with Crippen LogP contribution in [0.5, 0.6) is 0 Å². The Morgan fingerprint density at radius 3 is 2.72 bits per heavy atom. The molecule has 0 radical (unpaired) electrons. The molecule has 1 aromatic heterocycles. The molecule has 29 heavy (non-hydrogen) atoms. The number of carbonyl (C=O) groups is 1. The molecule has 1 amide bonds.